The highest BCUT2D eigenvalue weighted by Gasteiger charge is 2.36. The van der Waals surface area contributed by atoms with E-state index in [1.54, 1.807) is 48.8 Å². The molecule has 28 heavy (non-hydrogen) atoms. The molecule has 0 saturated heterocycles. The number of carbonyl (C=O) groups excluding carboxylic acids is 1. The van der Waals surface area contributed by atoms with Gasteiger partial charge in [-0.05, 0) is 30.5 Å². The first kappa shape index (κ1) is 19.7. The molecule has 0 bridgehead atoms. The first-order chi connectivity index (χ1) is 13.2. The summed E-state index contributed by atoms with van der Waals surface area (Å²) >= 11 is 1.04. The molecule has 146 valence electrons. The Kier molecular flexibility index (Phi) is 5.28. The van der Waals surface area contributed by atoms with Gasteiger partial charge < -0.3 is 5.32 Å². The van der Waals surface area contributed by atoms with Gasteiger partial charge in [0.25, 0.3) is 5.56 Å². The van der Waals surface area contributed by atoms with E-state index in [1.165, 1.54) is 22.4 Å². The summed E-state index contributed by atoms with van der Waals surface area (Å²) in [5.41, 5.74) is -1.37. The lowest BCUT2D eigenvalue weighted by Crippen LogP contribution is -2.25. The van der Waals surface area contributed by atoms with Gasteiger partial charge in [-0.3, -0.25) is 14.3 Å². The maximum absolute atomic E-state index is 13.5. The molecule has 0 unspecified atom stereocenters. The summed E-state index contributed by atoms with van der Waals surface area (Å²) in [5, 5.41) is 3.74. The second-order valence-electron chi connectivity index (χ2n) is 5.96. The highest BCUT2D eigenvalue weighted by atomic mass is 32.1. The van der Waals surface area contributed by atoms with Gasteiger partial charge in [-0.25, -0.2) is 4.68 Å². The molecule has 0 atom stereocenters. The average Bonchev–Trinajstić information content (AvgIpc) is 3.25. The van der Waals surface area contributed by atoms with Gasteiger partial charge in [0.05, 0.1) is 16.3 Å². The van der Waals surface area contributed by atoms with Gasteiger partial charge in [0.2, 0.25) is 0 Å². The summed E-state index contributed by atoms with van der Waals surface area (Å²) in [6.07, 6.45) is -4.36. The van der Waals surface area contributed by atoms with Crippen LogP contribution in [0.1, 0.15) is 15.4 Å². The Bertz CT molecular complexity index is 1080. The van der Waals surface area contributed by atoms with Crippen LogP contribution in [-0.2, 0) is 7.05 Å². The fourth-order valence-electron chi connectivity index (χ4n) is 2.66. The molecule has 0 spiro atoms. The number of thiophene rings is 1. The molecule has 1 aromatic carbocycles. The van der Waals surface area contributed by atoms with Crippen molar-refractivity contribution < 1.29 is 18.0 Å². The molecule has 0 aliphatic carbocycles. The summed E-state index contributed by atoms with van der Waals surface area (Å²) in [6.45, 7) is 1.53. The van der Waals surface area contributed by atoms with E-state index >= 15 is 0 Å². The largest absolute Gasteiger partial charge is 0.431 e. The lowest BCUT2D eigenvalue weighted by Gasteiger charge is -2.13. The number of hydrogen-bond acceptors (Lipinski definition) is 4. The maximum atomic E-state index is 13.5. The lowest BCUT2D eigenvalue weighted by molar-refractivity contribution is -0.0903. The van der Waals surface area contributed by atoms with Crippen molar-refractivity contribution in [3.63, 3.8) is 0 Å². The third-order valence-corrected chi connectivity index (χ3v) is 5.04. The van der Waals surface area contributed by atoms with Crippen molar-refractivity contribution in [2.45, 2.75) is 13.1 Å². The zero-order valence-corrected chi connectivity index (χ0v) is 15.8. The molecule has 0 aliphatic rings. The molecule has 3 rings (SSSR count). The molecule has 0 fully saturated rings. The highest BCUT2D eigenvalue weighted by molar-refractivity contribution is 7.12. The molecule has 2 aromatic heterocycles. The number of anilines is 1. The summed E-state index contributed by atoms with van der Waals surface area (Å²) in [4.78, 5) is 25.1. The molecule has 0 aliphatic heterocycles. The van der Waals surface area contributed by atoms with Crippen molar-refractivity contribution in [3.8, 4) is 5.69 Å². The first-order valence-corrected chi connectivity index (χ1v) is 9.06. The van der Waals surface area contributed by atoms with Crippen molar-refractivity contribution in [1.82, 2.24) is 9.36 Å². The third-order valence-electron chi connectivity index (χ3n) is 4.16. The van der Waals surface area contributed by atoms with E-state index in [4.69, 9.17) is 0 Å². The number of nitrogens with zero attached hydrogens (tertiary/aromatic N) is 2. The Morgan fingerprint density at radius 1 is 1.14 bits per heavy atom. The number of halogens is 3. The van der Waals surface area contributed by atoms with Crippen LogP contribution in [0.4, 0.5) is 18.9 Å². The van der Waals surface area contributed by atoms with E-state index in [2.05, 4.69) is 5.32 Å². The van der Waals surface area contributed by atoms with Gasteiger partial charge in [-0.15, -0.1) is 11.3 Å². The molecule has 9 heteroatoms. The Balaban J connectivity index is 2.05. The van der Waals surface area contributed by atoms with Crippen molar-refractivity contribution in [2.24, 2.45) is 7.05 Å². The van der Waals surface area contributed by atoms with Gasteiger partial charge >= 0.3 is 6.18 Å². The Labute approximate surface area is 162 Å². The normalized spacial score (nSPS) is 12.2. The number of ketones is 1. The number of nitrogens with one attached hydrogen (secondary N) is 1. The van der Waals surface area contributed by atoms with E-state index < -0.39 is 23.2 Å². The molecule has 1 N–H and O–H groups in total. The predicted octanol–water partition coefficient (Wildman–Crippen LogP) is 4.29. The molecule has 3 aromatic rings. The van der Waals surface area contributed by atoms with Crippen LogP contribution in [0.3, 0.4) is 0 Å². The topological polar surface area (TPSA) is 56.0 Å². The van der Waals surface area contributed by atoms with E-state index in [0.29, 0.717) is 17.5 Å². The van der Waals surface area contributed by atoms with Crippen LogP contribution < -0.4 is 10.9 Å². The highest BCUT2D eigenvalue weighted by Crippen LogP contribution is 2.28. The maximum Gasteiger partial charge on any atom is 0.431 e. The number of hydrogen-bond donors (Lipinski definition) is 1. The van der Waals surface area contributed by atoms with Crippen molar-refractivity contribution >= 4 is 22.8 Å². The monoisotopic (exact) mass is 407 g/mol. The van der Waals surface area contributed by atoms with Gasteiger partial charge in [-0.1, -0.05) is 24.3 Å². The standard InChI is InChI=1S/C19H16F3N3O2S/c1-12-17(18(27)25(24(12)2)13-7-4-3-5-8-13)23-16(19(20,21)22)11-14(26)15-9-6-10-28-15/h3-11,23H,1-2H3. The summed E-state index contributed by atoms with van der Waals surface area (Å²) < 4.78 is 43.2. The van der Waals surface area contributed by atoms with Crippen molar-refractivity contribution in [2.75, 3.05) is 5.32 Å². The van der Waals surface area contributed by atoms with Crippen LogP contribution in [0.15, 0.2) is 64.4 Å². The molecule has 5 nitrogen and oxygen atoms in total. The molecule has 0 amide bonds. The zero-order valence-electron chi connectivity index (χ0n) is 14.9. The lowest BCUT2D eigenvalue weighted by atomic mass is 10.2. The Morgan fingerprint density at radius 3 is 2.39 bits per heavy atom. The van der Waals surface area contributed by atoms with Crippen LogP contribution in [0.5, 0.6) is 0 Å². The van der Waals surface area contributed by atoms with Crippen molar-refractivity contribution in [1.29, 1.82) is 0 Å². The number of alkyl halides is 3. The second-order valence-corrected chi connectivity index (χ2v) is 6.91. The number of carbonyl (C=O) groups is 1. The van der Waals surface area contributed by atoms with Crippen LogP contribution in [-0.4, -0.2) is 21.3 Å². The smallest absolute Gasteiger partial charge is 0.345 e. The number of aromatic nitrogens is 2. The van der Waals surface area contributed by atoms with Gasteiger partial charge in [0.1, 0.15) is 11.4 Å². The number of allylic oxidation sites excluding steroid dienone is 2. The van der Waals surface area contributed by atoms with Crippen LogP contribution in [0.25, 0.3) is 5.69 Å². The fourth-order valence-corrected chi connectivity index (χ4v) is 3.29. The van der Waals surface area contributed by atoms with Crippen molar-refractivity contribution in [3.05, 3.63) is 80.5 Å². The fraction of sp³-hybridized carbons (Fsp3) is 0.158. The minimum Gasteiger partial charge on any atom is -0.345 e. The van der Waals surface area contributed by atoms with E-state index in [0.717, 1.165) is 11.3 Å². The summed E-state index contributed by atoms with van der Waals surface area (Å²) in [6, 6.07) is 11.6. The number of rotatable bonds is 5. The minimum absolute atomic E-state index is 0.176. The minimum atomic E-state index is -4.83. The molecular weight excluding hydrogens is 391 g/mol. The number of benzene rings is 1. The van der Waals surface area contributed by atoms with Crippen LogP contribution in [0, 0.1) is 6.92 Å². The van der Waals surface area contributed by atoms with Gasteiger partial charge in [0.15, 0.2) is 5.78 Å². The van der Waals surface area contributed by atoms with E-state index in [9.17, 15) is 22.8 Å². The third kappa shape index (κ3) is 3.79. The van der Waals surface area contributed by atoms with Crippen LogP contribution in [0.2, 0.25) is 0 Å². The van der Waals surface area contributed by atoms with Crippen LogP contribution >= 0.6 is 11.3 Å². The van der Waals surface area contributed by atoms with E-state index in [1.807, 2.05) is 0 Å². The quantitative estimate of drug-likeness (QED) is 0.507. The zero-order chi connectivity index (χ0) is 20.5. The van der Waals surface area contributed by atoms with E-state index in [-0.39, 0.29) is 10.6 Å². The Hall–Kier alpha value is -3.07. The molecule has 2 heterocycles. The van der Waals surface area contributed by atoms with Gasteiger partial charge in [-0.2, -0.15) is 13.2 Å². The molecule has 0 saturated carbocycles. The first-order valence-electron chi connectivity index (χ1n) is 8.18. The summed E-state index contributed by atoms with van der Waals surface area (Å²) in [7, 11) is 1.57. The summed E-state index contributed by atoms with van der Waals surface area (Å²) in [5.74, 6) is -0.785. The average molecular weight is 407 g/mol. The second kappa shape index (κ2) is 7.51. The molecular formula is C19H16F3N3O2S. The predicted molar refractivity (Wildman–Crippen MR) is 102 cm³/mol. The Morgan fingerprint density at radius 2 is 1.82 bits per heavy atom. The molecule has 0 radical (unpaired) electrons. The van der Waals surface area contributed by atoms with Gasteiger partial charge in [0, 0.05) is 13.1 Å². The SMILES string of the molecule is Cc1c(NC(=CC(=O)c2cccs2)C(F)(F)F)c(=O)n(-c2ccccc2)n1C. The number of para-hydroxylation sites is 1.